The first-order valence-electron chi connectivity index (χ1n) is 13.1. The Morgan fingerprint density at radius 2 is 0.935 bits per heavy atom. The molecule has 2 heterocycles. The van der Waals surface area contributed by atoms with Gasteiger partial charge in [0.2, 0.25) is 0 Å². The summed E-state index contributed by atoms with van der Waals surface area (Å²) in [4.78, 5) is 8.03. The Bertz CT molecular complexity index is 1840. The molecule has 0 fully saturated rings. The molecule has 2 unspecified atom stereocenters. The Morgan fingerprint density at radius 1 is 0.630 bits per heavy atom. The van der Waals surface area contributed by atoms with Crippen molar-refractivity contribution in [2.24, 2.45) is 9.98 Å². The van der Waals surface area contributed by atoms with Gasteiger partial charge in [-0.05, 0) is 87.1 Å². The molecule has 2 aromatic carbocycles. The van der Waals surface area contributed by atoms with Gasteiger partial charge in [0.15, 0.2) is 0 Å². The molecular weight excluding hydrogens is 739 g/mol. The second-order valence-corrected chi connectivity index (χ2v) is 17.0. The molecule has 2 aliphatic heterocycles. The number of hydrogen-bond donors (Lipinski definition) is 2. The van der Waals surface area contributed by atoms with Gasteiger partial charge in [-0.25, -0.2) is 16.8 Å². The minimum absolute atomic E-state index is 0. The van der Waals surface area contributed by atoms with Crippen molar-refractivity contribution in [1.82, 2.24) is 0 Å². The molecule has 20 heteroatoms. The molecule has 244 valence electrons. The molecule has 0 saturated heterocycles. The maximum Gasteiger partial charge on any atom is 1.00 e. The van der Waals surface area contributed by atoms with Crippen molar-refractivity contribution in [1.29, 1.82) is 0 Å². The number of rotatable bonds is 10. The third kappa shape index (κ3) is 11.4. The fourth-order valence-corrected chi connectivity index (χ4v) is 7.28. The zero-order valence-electron chi connectivity index (χ0n) is 26.2. The SMILES string of the molecule is CC1=Nc2ccc(S(=O)(=O)[O-])cc2C1(C)CCCS(=O)(=O)O.CC1=Nc2ccc(S(=O)(=O)[O-])cc2C1(C)CCCS(=O)(=O)O.[K+].[K+]. The van der Waals surface area contributed by atoms with Gasteiger partial charge in [-0.3, -0.25) is 19.1 Å². The van der Waals surface area contributed by atoms with E-state index >= 15 is 0 Å². The third-order valence-corrected chi connectivity index (χ3v) is 11.3. The molecule has 2 N–H and O–H groups in total. The van der Waals surface area contributed by atoms with Gasteiger partial charge in [-0.15, -0.1) is 0 Å². The quantitative estimate of drug-likeness (QED) is 0.185. The predicted molar refractivity (Wildman–Crippen MR) is 160 cm³/mol. The Hall–Kier alpha value is 0.693. The first-order valence-corrected chi connectivity index (χ1v) is 19.1. The van der Waals surface area contributed by atoms with Gasteiger partial charge in [0.1, 0.15) is 20.2 Å². The van der Waals surface area contributed by atoms with Crippen molar-refractivity contribution in [2.45, 2.75) is 74.0 Å². The largest absolute Gasteiger partial charge is 1.00 e. The van der Waals surface area contributed by atoms with E-state index in [4.69, 9.17) is 9.11 Å². The van der Waals surface area contributed by atoms with E-state index in [2.05, 4.69) is 9.98 Å². The van der Waals surface area contributed by atoms with Gasteiger partial charge >= 0.3 is 103 Å². The van der Waals surface area contributed by atoms with E-state index in [9.17, 15) is 42.8 Å². The van der Waals surface area contributed by atoms with Crippen molar-refractivity contribution >= 4 is 63.3 Å². The average molecular weight is 771 g/mol. The fraction of sp³-hybridized carbons (Fsp3) is 0.462. The minimum Gasteiger partial charge on any atom is -0.744 e. The third-order valence-electron chi connectivity index (χ3n) is 8.03. The van der Waals surface area contributed by atoms with Crippen molar-refractivity contribution in [3.8, 4) is 0 Å². The van der Waals surface area contributed by atoms with E-state index in [-0.39, 0.29) is 137 Å². The van der Waals surface area contributed by atoms with Crippen molar-refractivity contribution < 1.29 is 155 Å². The number of fused-ring (bicyclic) bond motifs is 2. The molecule has 0 aliphatic carbocycles. The molecule has 0 amide bonds. The van der Waals surface area contributed by atoms with Crippen LogP contribution in [0.25, 0.3) is 0 Å². The average Bonchev–Trinajstić information content (AvgIpc) is 3.25. The van der Waals surface area contributed by atoms with E-state index in [1.807, 2.05) is 13.8 Å². The summed E-state index contributed by atoms with van der Waals surface area (Å²) >= 11 is 0. The molecule has 14 nitrogen and oxygen atoms in total. The molecular formula is C26H32K2N2O12S4. The summed E-state index contributed by atoms with van der Waals surface area (Å²) in [5.41, 5.74) is 2.38. The number of nitrogens with zero attached hydrogens (tertiary/aromatic N) is 2. The van der Waals surface area contributed by atoms with Crippen LogP contribution in [0.1, 0.15) is 64.5 Å². The summed E-state index contributed by atoms with van der Waals surface area (Å²) in [5.74, 6) is -0.768. The van der Waals surface area contributed by atoms with Crippen LogP contribution < -0.4 is 103 Å². The molecule has 0 aromatic heterocycles. The first-order chi connectivity index (χ1) is 19.9. The van der Waals surface area contributed by atoms with E-state index in [1.54, 1.807) is 13.8 Å². The van der Waals surface area contributed by atoms with Crippen LogP contribution in [0.5, 0.6) is 0 Å². The van der Waals surface area contributed by atoms with Crippen LogP contribution in [0.3, 0.4) is 0 Å². The monoisotopic (exact) mass is 770 g/mol. The minimum atomic E-state index is -4.57. The van der Waals surface area contributed by atoms with E-state index < -0.39 is 51.3 Å². The molecule has 0 bridgehead atoms. The Kier molecular flexibility index (Phi) is 15.9. The zero-order valence-corrected chi connectivity index (χ0v) is 35.7. The molecule has 0 spiro atoms. The van der Waals surface area contributed by atoms with E-state index in [0.717, 1.165) is 0 Å². The van der Waals surface area contributed by atoms with Crippen LogP contribution >= 0.6 is 0 Å². The summed E-state index contributed by atoms with van der Waals surface area (Å²) < 4.78 is 128. The van der Waals surface area contributed by atoms with Gasteiger partial charge in [-0.1, -0.05) is 13.8 Å². The molecule has 46 heavy (non-hydrogen) atoms. The van der Waals surface area contributed by atoms with E-state index in [0.29, 0.717) is 46.8 Å². The molecule has 2 aliphatic rings. The molecule has 2 aromatic rings. The zero-order chi connectivity index (χ0) is 33.5. The fourth-order valence-electron chi connectivity index (χ4n) is 5.27. The Labute approximate surface area is 355 Å². The maximum absolute atomic E-state index is 11.2. The van der Waals surface area contributed by atoms with Crippen LogP contribution in [0.4, 0.5) is 11.4 Å². The van der Waals surface area contributed by atoms with Crippen LogP contribution in [-0.4, -0.2) is 74.8 Å². The number of hydrogen-bond acceptors (Lipinski definition) is 12. The second-order valence-electron chi connectivity index (χ2n) is 11.1. The summed E-state index contributed by atoms with van der Waals surface area (Å²) in [6.07, 6.45) is 1.10. The van der Waals surface area contributed by atoms with Gasteiger partial charge in [-0.2, -0.15) is 16.8 Å². The summed E-state index contributed by atoms with van der Waals surface area (Å²) in [7, 11) is -17.3. The van der Waals surface area contributed by atoms with Crippen LogP contribution in [0.15, 0.2) is 56.2 Å². The van der Waals surface area contributed by atoms with Gasteiger partial charge in [0, 0.05) is 22.3 Å². The topological polar surface area (TPSA) is 248 Å². The van der Waals surface area contributed by atoms with Crippen LogP contribution in [0, 0.1) is 0 Å². The van der Waals surface area contributed by atoms with Crippen LogP contribution in [0.2, 0.25) is 0 Å². The van der Waals surface area contributed by atoms with Crippen molar-refractivity contribution in [3.05, 3.63) is 47.5 Å². The van der Waals surface area contributed by atoms with Gasteiger partial charge in [0.05, 0.1) is 32.7 Å². The van der Waals surface area contributed by atoms with Crippen LogP contribution in [-0.2, 0) is 51.3 Å². The molecule has 0 radical (unpaired) electrons. The molecule has 2 atom stereocenters. The van der Waals surface area contributed by atoms with Gasteiger partial charge < -0.3 is 9.11 Å². The second kappa shape index (κ2) is 16.4. The van der Waals surface area contributed by atoms with Crippen molar-refractivity contribution in [3.63, 3.8) is 0 Å². The smallest absolute Gasteiger partial charge is 0.744 e. The summed E-state index contributed by atoms with van der Waals surface area (Å²) in [6.45, 7) is 7.14. The standard InChI is InChI=1S/2C13H17NO6S2.2K/c2*1-9-13(2,6-3-7-21(15,16)17)11-8-10(22(18,19)20)4-5-12(11)14-9;;/h2*4-5,8H,3,6-7H2,1-2H3,(H,15,16,17)(H,18,19,20);;/q;;2*+1/p-2. The summed E-state index contributed by atoms with van der Waals surface area (Å²) in [5, 5.41) is 0. The van der Waals surface area contributed by atoms with Crippen molar-refractivity contribution in [2.75, 3.05) is 11.5 Å². The van der Waals surface area contributed by atoms with E-state index in [1.165, 1.54) is 36.4 Å². The number of aliphatic imine (C=N–C) groups is 2. The summed E-state index contributed by atoms with van der Waals surface area (Å²) in [6, 6.07) is 7.95. The normalized spacial score (nSPS) is 20.6. The molecule has 0 saturated carbocycles. The number of benzene rings is 2. The Balaban J connectivity index is 0.000000441. The maximum atomic E-state index is 11.2. The predicted octanol–water partition coefficient (Wildman–Crippen LogP) is -2.75. The molecule has 4 rings (SSSR count). The Morgan fingerprint density at radius 3 is 1.20 bits per heavy atom. The first kappa shape index (κ1) is 44.7. The van der Waals surface area contributed by atoms with Gasteiger partial charge in [0.25, 0.3) is 20.2 Å².